The van der Waals surface area contributed by atoms with E-state index in [1.807, 2.05) is 30.5 Å². The van der Waals surface area contributed by atoms with Crippen LogP contribution in [0.25, 0.3) is 0 Å². The number of anilines is 1. The fraction of sp³-hybridized carbons (Fsp3) is 0.562. The van der Waals surface area contributed by atoms with Gasteiger partial charge >= 0.3 is 0 Å². The van der Waals surface area contributed by atoms with Crippen LogP contribution in [0.15, 0.2) is 29.2 Å². The lowest BCUT2D eigenvalue weighted by molar-refractivity contribution is -0.117. The first kappa shape index (κ1) is 16.3. The molecule has 1 heterocycles. The molecule has 2 rings (SSSR count). The second-order valence-corrected chi connectivity index (χ2v) is 6.55. The van der Waals surface area contributed by atoms with E-state index in [4.69, 9.17) is 0 Å². The number of hydrogen-bond acceptors (Lipinski definition) is 4. The largest absolute Gasteiger partial charge is 0.324 e. The maximum Gasteiger partial charge on any atom is 0.238 e. The molecule has 21 heavy (non-hydrogen) atoms. The summed E-state index contributed by atoms with van der Waals surface area (Å²) in [5.74, 6) is 0.0675. The molecule has 0 atom stereocenters. The third-order valence-corrected chi connectivity index (χ3v) is 4.88. The number of carbonyl (C=O) groups excluding carboxylic acids is 1. The standard InChI is InChI=1S/C16H25N3OS/c1-18-10-8-13(9-11-18)19(2)12-16(20)17-14-6-4-5-7-15(14)21-3/h4-7,13H,8-12H2,1-3H3,(H,17,20). The summed E-state index contributed by atoms with van der Waals surface area (Å²) in [6.45, 7) is 2.69. The van der Waals surface area contributed by atoms with Crippen LogP contribution in [-0.2, 0) is 4.79 Å². The van der Waals surface area contributed by atoms with Crippen molar-refractivity contribution < 1.29 is 4.79 Å². The van der Waals surface area contributed by atoms with Crippen LogP contribution in [0.3, 0.4) is 0 Å². The average Bonchev–Trinajstić information content (AvgIpc) is 2.48. The highest BCUT2D eigenvalue weighted by Gasteiger charge is 2.22. The van der Waals surface area contributed by atoms with E-state index >= 15 is 0 Å². The average molecular weight is 307 g/mol. The van der Waals surface area contributed by atoms with Gasteiger partial charge < -0.3 is 10.2 Å². The van der Waals surface area contributed by atoms with Gasteiger partial charge in [0, 0.05) is 10.9 Å². The maximum atomic E-state index is 12.2. The molecule has 5 heteroatoms. The summed E-state index contributed by atoms with van der Waals surface area (Å²) in [6, 6.07) is 8.45. The third-order valence-electron chi connectivity index (χ3n) is 4.09. The van der Waals surface area contributed by atoms with Crippen molar-refractivity contribution in [3.63, 3.8) is 0 Å². The minimum atomic E-state index is 0.0675. The van der Waals surface area contributed by atoms with Crippen molar-refractivity contribution in [1.82, 2.24) is 9.80 Å². The molecular formula is C16H25N3OS. The van der Waals surface area contributed by atoms with Crippen molar-refractivity contribution in [1.29, 1.82) is 0 Å². The molecule has 0 radical (unpaired) electrons. The SMILES string of the molecule is CSc1ccccc1NC(=O)CN(C)C1CCN(C)CC1. The first-order chi connectivity index (χ1) is 10.1. The van der Waals surface area contributed by atoms with Gasteiger partial charge in [0.1, 0.15) is 0 Å². The number of thioether (sulfide) groups is 1. The molecule has 1 saturated heterocycles. The Balaban J connectivity index is 1.86. The number of likely N-dealkylation sites (tertiary alicyclic amines) is 1. The number of hydrogen-bond donors (Lipinski definition) is 1. The summed E-state index contributed by atoms with van der Waals surface area (Å²) in [5, 5.41) is 3.03. The number of nitrogens with zero attached hydrogens (tertiary/aromatic N) is 2. The van der Waals surface area contributed by atoms with Gasteiger partial charge in [0.25, 0.3) is 0 Å². The third kappa shape index (κ3) is 4.73. The van der Waals surface area contributed by atoms with Crippen molar-refractivity contribution in [3.05, 3.63) is 24.3 Å². The van der Waals surface area contributed by atoms with Crippen molar-refractivity contribution in [2.75, 3.05) is 45.3 Å². The van der Waals surface area contributed by atoms with E-state index in [1.54, 1.807) is 11.8 Å². The van der Waals surface area contributed by atoms with Crippen molar-refractivity contribution in [3.8, 4) is 0 Å². The first-order valence-electron chi connectivity index (χ1n) is 7.42. The highest BCUT2D eigenvalue weighted by atomic mass is 32.2. The predicted octanol–water partition coefficient (Wildman–Crippen LogP) is 2.37. The quantitative estimate of drug-likeness (QED) is 0.847. The number of carbonyl (C=O) groups is 1. The topological polar surface area (TPSA) is 35.6 Å². The number of likely N-dealkylation sites (N-methyl/N-ethyl adjacent to an activating group) is 1. The zero-order valence-corrected chi connectivity index (χ0v) is 13.9. The second-order valence-electron chi connectivity index (χ2n) is 5.70. The normalized spacial score (nSPS) is 17.1. The first-order valence-corrected chi connectivity index (χ1v) is 8.64. The molecule has 0 spiro atoms. The van der Waals surface area contributed by atoms with Gasteiger partial charge in [-0.25, -0.2) is 0 Å². The maximum absolute atomic E-state index is 12.2. The Morgan fingerprint density at radius 3 is 2.71 bits per heavy atom. The van der Waals surface area contributed by atoms with Gasteiger partial charge in [-0.05, 0) is 58.4 Å². The number of para-hydroxylation sites is 1. The lowest BCUT2D eigenvalue weighted by Crippen LogP contribution is -2.44. The van der Waals surface area contributed by atoms with E-state index in [-0.39, 0.29) is 5.91 Å². The summed E-state index contributed by atoms with van der Waals surface area (Å²) in [4.78, 5) is 17.9. The van der Waals surface area contributed by atoms with E-state index in [1.165, 1.54) is 0 Å². The molecule has 116 valence electrons. The van der Waals surface area contributed by atoms with Crippen molar-refractivity contribution in [2.24, 2.45) is 0 Å². The Morgan fingerprint density at radius 2 is 2.05 bits per heavy atom. The van der Waals surface area contributed by atoms with Gasteiger partial charge in [-0.2, -0.15) is 0 Å². The van der Waals surface area contributed by atoms with E-state index in [9.17, 15) is 4.79 Å². The van der Waals surface area contributed by atoms with Crippen LogP contribution >= 0.6 is 11.8 Å². The summed E-state index contributed by atoms with van der Waals surface area (Å²) in [6.07, 6.45) is 4.30. The van der Waals surface area contributed by atoms with Crippen LogP contribution in [0.1, 0.15) is 12.8 Å². The Labute approximate surface area is 131 Å². The van der Waals surface area contributed by atoms with Crippen LogP contribution in [0, 0.1) is 0 Å². The predicted molar refractivity (Wildman–Crippen MR) is 90.0 cm³/mol. The number of piperidine rings is 1. The van der Waals surface area contributed by atoms with Gasteiger partial charge in [-0.3, -0.25) is 9.69 Å². The molecule has 0 aromatic heterocycles. The Bertz CT molecular complexity index is 472. The molecule has 1 aliphatic rings. The number of nitrogens with one attached hydrogen (secondary N) is 1. The molecule has 0 aliphatic carbocycles. The van der Waals surface area contributed by atoms with Gasteiger partial charge in [-0.15, -0.1) is 11.8 Å². The lowest BCUT2D eigenvalue weighted by atomic mass is 10.0. The monoisotopic (exact) mass is 307 g/mol. The molecule has 1 amide bonds. The van der Waals surface area contributed by atoms with E-state index in [0.29, 0.717) is 12.6 Å². The molecular weight excluding hydrogens is 282 g/mol. The molecule has 1 aromatic carbocycles. The lowest BCUT2D eigenvalue weighted by Gasteiger charge is -2.34. The zero-order valence-electron chi connectivity index (χ0n) is 13.1. The molecule has 0 unspecified atom stereocenters. The molecule has 4 nitrogen and oxygen atoms in total. The van der Waals surface area contributed by atoms with E-state index in [2.05, 4.69) is 29.2 Å². The molecule has 1 aromatic rings. The minimum Gasteiger partial charge on any atom is -0.324 e. The Kier molecular flexibility index (Phi) is 6.08. The van der Waals surface area contributed by atoms with E-state index in [0.717, 1.165) is 36.5 Å². The highest BCUT2D eigenvalue weighted by molar-refractivity contribution is 7.98. The smallest absolute Gasteiger partial charge is 0.238 e. The fourth-order valence-corrected chi connectivity index (χ4v) is 3.28. The highest BCUT2D eigenvalue weighted by Crippen LogP contribution is 2.24. The summed E-state index contributed by atoms with van der Waals surface area (Å²) < 4.78 is 0. The molecule has 1 fully saturated rings. The summed E-state index contributed by atoms with van der Waals surface area (Å²) >= 11 is 1.65. The van der Waals surface area contributed by atoms with Crippen LogP contribution in [0.4, 0.5) is 5.69 Å². The second kappa shape index (κ2) is 7.82. The van der Waals surface area contributed by atoms with Crippen LogP contribution in [-0.4, -0.2) is 61.7 Å². The van der Waals surface area contributed by atoms with Crippen molar-refractivity contribution in [2.45, 2.75) is 23.8 Å². The van der Waals surface area contributed by atoms with Crippen molar-refractivity contribution >= 4 is 23.4 Å². The molecule has 1 N–H and O–H groups in total. The number of amides is 1. The van der Waals surface area contributed by atoms with Gasteiger partial charge in [-0.1, -0.05) is 12.1 Å². The number of benzene rings is 1. The van der Waals surface area contributed by atoms with Gasteiger partial charge in [0.2, 0.25) is 5.91 Å². The van der Waals surface area contributed by atoms with Gasteiger partial charge in [0.15, 0.2) is 0 Å². The molecule has 0 saturated carbocycles. The van der Waals surface area contributed by atoms with E-state index < -0.39 is 0 Å². The Morgan fingerprint density at radius 1 is 1.38 bits per heavy atom. The summed E-state index contributed by atoms with van der Waals surface area (Å²) in [7, 11) is 4.21. The number of rotatable bonds is 5. The molecule has 0 bridgehead atoms. The minimum absolute atomic E-state index is 0.0675. The molecule has 1 aliphatic heterocycles. The van der Waals surface area contributed by atoms with Gasteiger partial charge in [0.05, 0.1) is 12.2 Å². The fourth-order valence-electron chi connectivity index (χ4n) is 2.73. The summed E-state index contributed by atoms with van der Waals surface area (Å²) in [5.41, 5.74) is 0.909. The van der Waals surface area contributed by atoms with Crippen LogP contribution in [0.5, 0.6) is 0 Å². The zero-order chi connectivity index (χ0) is 15.2. The Hall–Kier alpha value is -1.04. The van der Waals surface area contributed by atoms with Crippen LogP contribution in [0.2, 0.25) is 0 Å². The van der Waals surface area contributed by atoms with Crippen LogP contribution < -0.4 is 5.32 Å².